The molecule has 1 atom stereocenters. The third kappa shape index (κ3) is 7.69. The van der Waals surface area contributed by atoms with Crippen molar-refractivity contribution in [2.75, 3.05) is 19.7 Å². The van der Waals surface area contributed by atoms with Gasteiger partial charge in [0, 0.05) is 38.7 Å². The highest BCUT2D eigenvalue weighted by Gasteiger charge is 2.22. The Hall–Kier alpha value is -2.08. The smallest absolute Gasteiger partial charge is 0.315 e. The summed E-state index contributed by atoms with van der Waals surface area (Å²) < 4.78 is 5.74. The third-order valence-electron chi connectivity index (χ3n) is 5.81. The van der Waals surface area contributed by atoms with Gasteiger partial charge < -0.3 is 20.3 Å². The van der Waals surface area contributed by atoms with Crippen molar-refractivity contribution in [3.05, 3.63) is 35.9 Å². The van der Waals surface area contributed by atoms with Crippen LogP contribution in [0.3, 0.4) is 0 Å². The number of amides is 3. The van der Waals surface area contributed by atoms with Crippen LogP contribution in [0.15, 0.2) is 30.3 Å². The molecule has 1 heterocycles. The van der Waals surface area contributed by atoms with Gasteiger partial charge in [-0.1, -0.05) is 49.6 Å². The van der Waals surface area contributed by atoms with Gasteiger partial charge in [0.2, 0.25) is 5.91 Å². The van der Waals surface area contributed by atoms with Gasteiger partial charge in [0.15, 0.2) is 0 Å². The lowest BCUT2D eigenvalue weighted by molar-refractivity contribution is -0.133. The number of benzene rings is 1. The largest absolute Gasteiger partial charge is 0.376 e. The van der Waals surface area contributed by atoms with E-state index in [4.69, 9.17) is 4.74 Å². The van der Waals surface area contributed by atoms with Crippen LogP contribution in [0, 0.1) is 0 Å². The molecular formula is C23H35N3O3. The molecule has 6 heteroatoms. The van der Waals surface area contributed by atoms with Crippen LogP contribution in [0.4, 0.5) is 4.79 Å². The first-order valence-corrected chi connectivity index (χ1v) is 11.2. The van der Waals surface area contributed by atoms with E-state index in [-0.39, 0.29) is 18.0 Å². The van der Waals surface area contributed by atoms with Crippen molar-refractivity contribution in [1.29, 1.82) is 0 Å². The summed E-state index contributed by atoms with van der Waals surface area (Å²) >= 11 is 0. The van der Waals surface area contributed by atoms with Gasteiger partial charge in [0.05, 0.1) is 6.10 Å². The van der Waals surface area contributed by atoms with Crippen molar-refractivity contribution in [3.63, 3.8) is 0 Å². The highest BCUT2D eigenvalue weighted by Crippen LogP contribution is 2.17. The summed E-state index contributed by atoms with van der Waals surface area (Å²) in [5.74, 6) is 0.124. The van der Waals surface area contributed by atoms with E-state index in [1.807, 2.05) is 35.2 Å². The van der Waals surface area contributed by atoms with Crippen LogP contribution in [0.2, 0.25) is 0 Å². The minimum atomic E-state index is -0.107. The normalized spacial score (nSPS) is 19.7. The Morgan fingerprint density at radius 1 is 1.03 bits per heavy atom. The van der Waals surface area contributed by atoms with Crippen LogP contribution in [0.1, 0.15) is 63.4 Å². The molecule has 1 unspecified atom stereocenters. The molecule has 3 rings (SSSR count). The molecule has 1 aromatic carbocycles. The van der Waals surface area contributed by atoms with Gasteiger partial charge in [0.1, 0.15) is 0 Å². The predicted octanol–water partition coefficient (Wildman–Crippen LogP) is 3.61. The summed E-state index contributed by atoms with van der Waals surface area (Å²) in [4.78, 5) is 26.8. The van der Waals surface area contributed by atoms with E-state index in [1.165, 1.54) is 19.3 Å². The topological polar surface area (TPSA) is 70.7 Å². The van der Waals surface area contributed by atoms with Crippen LogP contribution in [0.25, 0.3) is 0 Å². The molecule has 2 aliphatic rings. The van der Waals surface area contributed by atoms with Crippen molar-refractivity contribution in [3.8, 4) is 0 Å². The number of carbonyl (C=O) groups is 2. The first kappa shape index (κ1) is 21.6. The Morgan fingerprint density at radius 2 is 1.83 bits per heavy atom. The number of ether oxygens (including phenoxy) is 1. The highest BCUT2D eigenvalue weighted by atomic mass is 16.5. The van der Waals surface area contributed by atoms with Crippen LogP contribution in [0.5, 0.6) is 0 Å². The number of nitrogens with one attached hydrogen (secondary N) is 2. The van der Waals surface area contributed by atoms with Crippen molar-refractivity contribution in [2.45, 2.75) is 76.5 Å². The van der Waals surface area contributed by atoms with Crippen molar-refractivity contribution in [1.82, 2.24) is 15.5 Å². The van der Waals surface area contributed by atoms with E-state index in [0.29, 0.717) is 38.5 Å². The molecule has 1 saturated carbocycles. The van der Waals surface area contributed by atoms with E-state index in [0.717, 1.165) is 37.9 Å². The number of urea groups is 1. The molecular weight excluding hydrogens is 366 g/mol. The second-order valence-electron chi connectivity index (χ2n) is 8.23. The van der Waals surface area contributed by atoms with E-state index in [1.54, 1.807) is 0 Å². The van der Waals surface area contributed by atoms with Gasteiger partial charge in [-0.15, -0.1) is 0 Å². The molecule has 0 radical (unpaired) electrons. The second-order valence-corrected chi connectivity index (χ2v) is 8.23. The summed E-state index contributed by atoms with van der Waals surface area (Å²) in [6, 6.07) is 10.3. The van der Waals surface area contributed by atoms with Crippen molar-refractivity contribution < 1.29 is 14.3 Å². The molecule has 29 heavy (non-hydrogen) atoms. The van der Waals surface area contributed by atoms with Gasteiger partial charge in [0.25, 0.3) is 0 Å². The summed E-state index contributed by atoms with van der Waals surface area (Å²) in [6.07, 6.45) is 9.11. The second kappa shape index (κ2) is 11.8. The number of rotatable bonds is 9. The van der Waals surface area contributed by atoms with Gasteiger partial charge in [-0.25, -0.2) is 4.79 Å². The molecule has 1 aliphatic heterocycles. The fourth-order valence-corrected chi connectivity index (χ4v) is 4.18. The van der Waals surface area contributed by atoms with Crippen LogP contribution >= 0.6 is 0 Å². The lowest BCUT2D eigenvalue weighted by Crippen LogP contribution is -2.43. The minimum absolute atomic E-state index is 0.107. The van der Waals surface area contributed by atoms with E-state index in [9.17, 15) is 9.59 Å². The summed E-state index contributed by atoms with van der Waals surface area (Å²) in [5, 5.41) is 5.95. The van der Waals surface area contributed by atoms with Crippen molar-refractivity contribution >= 4 is 11.9 Å². The quantitative estimate of drug-likeness (QED) is 0.621. The Morgan fingerprint density at radius 3 is 2.55 bits per heavy atom. The maximum Gasteiger partial charge on any atom is 0.315 e. The zero-order valence-corrected chi connectivity index (χ0v) is 17.4. The lowest BCUT2D eigenvalue weighted by Gasteiger charge is -2.26. The maximum atomic E-state index is 12.8. The molecule has 1 aliphatic carbocycles. The molecule has 0 aromatic heterocycles. The molecule has 160 valence electrons. The Bertz CT molecular complexity index is 626. The maximum absolute atomic E-state index is 12.8. The summed E-state index contributed by atoms with van der Waals surface area (Å²) in [7, 11) is 0. The van der Waals surface area contributed by atoms with Gasteiger partial charge in [-0.2, -0.15) is 0 Å². The first-order chi connectivity index (χ1) is 14.2. The summed E-state index contributed by atoms with van der Waals surface area (Å²) in [5.41, 5.74) is 1.13. The van der Waals surface area contributed by atoms with Gasteiger partial charge in [-0.3, -0.25) is 4.79 Å². The zero-order valence-electron chi connectivity index (χ0n) is 17.4. The standard InChI is InChI=1S/C23H35N3O3/c27-22(14-7-15-24-23(28)25-20-11-5-2-6-12-20)26(18-21-13-8-16-29-21)17-19-9-3-1-4-10-19/h1,3-4,9-10,20-21H,2,5-8,11-18H2,(H2,24,25,28). The van der Waals surface area contributed by atoms with Crippen molar-refractivity contribution in [2.24, 2.45) is 0 Å². The number of carbonyl (C=O) groups excluding carboxylic acids is 2. The Balaban J connectivity index is 1.40. The zero-order chi connectivity index (χ0) is 20.3. The Labute approximate surface area is 174 Å². The van der Waals surface area contributed by atoms with Gasteiger partial charge in [-0.05, 0) is 37.7 Å². The average Bonchev–Trinajstić information content (AvgIpc) is 3.25. The minimum Gasteiger partial charge on any atom is -0.376 e. The monoisotopic (exact) mass is 401 g/mol. The fraction of sp³-hybridized carbons (Fsp3) is 0.652. The molecule has 0 bridgehead atoms. The number of nitrogens with zero attached hydrogens (tertiary/aromatic N) is 1. The summed E-state index contributed by atoms with van der Waals surface area (Å²) in [6.45, 7) is 2.56. The molecule has 1 saturated heterocycles. The predicted molar refractivity (Wildman–Crippen MR) is 113 cm³/mol. The molecule has 2 fully saturated rings. The molecule has 3 amide bonds. The molecule has 6 nitrogen and oxygen atoms in total. The van der Waals surface area contributed by atoms with Crippen LogP contribution < -0.4 is 10.6 Å². The first-order valence-electron chi connectivity index (χ1n) is 11.2. The van der Waals surface area contributed by atoms with E-state index >= 15 is 0 Å². The van der Waals surface area contributed by atoms with E-state index < -0.39 is 0 Å². The van der Waals surface area contributed by atoms with Crippen LogP contribution in [-0.4, -0.2) is 48.7 Å². The number of hydrogen-bond acceptors (Lipinski definition) is 3. The highest BCUT2D eigenvalue weighted by molar-refractivity contribution is 5.76. The lowest BCUT2D eigenvalue weighted by atomic mass is 9.96. The fourth-order valence-electron chi connectivity index (χ4n) is 4.18. The Kier molecular flexibility index (Phi) is 8.81. The van der Waals surface area contributed by atoms with E-state index in [2.05, 4.69) is 10.6 Å². The third-order valence-corrected chi connectivity index (χ3v) is 5.81. The number of hydrogen-bond donors (Lipinski definition) is 2. The molecule has 2 N–H and O–H groups in total. The van der Waals surface area contributed by atoms with Crippen LogP contribution in [-0.2, 0) is 16.1 Å². The molecule has 0 spiro atoms. The van der Waals surface area contributed by atoms with Gasteiger partial charge >= 0.3 is 6.03 Å². The average molecular weight is 402 g/mol. The molecule has 1 aromatic rings. The SMILES string of the molecule is O=C(NCCCC(=O)N(Cc1ccccc1)CC1CCCO1)NC1CCCCC1.